The van der Waals surface area contributed by atoms with E-state index in [1.54, 1.807) is 24.3 Å². The van der Waals surface area contributed by atoms with Crippen LogP contribution < -0.4 is 10.5 Å². The van der Waals surface area contributed by atoms with E-state index < -0.39 is 0 Å². The van der Waals surface area contributed by atoms with Gasteiger partial charge in [-0.15, -0.1) is 0 Å². The second-order valence-electron chi connectivity index (χ2n) is 4.97. The van der Waals surface area contributed by atoms with Crippen LogP contribution in [0, 0.1) is 11.6 Å². The molecule has 0 aliphatic carbocycles. The molecule has 0 amide bonds. The van der Waals surface area contributed by atoms with E-state index in [-0.39, 0.29) is 18.1 Å². The standard InChI is InChI=1S/C17H14F2N2O/c1-22-16-4-2-3-14(19)13(16)9-11-7-10-8-12(18)5-6-15(10)21-17(11)20/h2-8H,9H2,1H3,(H2,20,21). The summed E-state index contributed by atoms with van der Waals surface area (Å²) in [7, 11) is 1.48. The van der Waals surface area contributed by atoms with Crippen LogP contribution in [0.5, 0.6) is 5.75 Å². The highest BCUT2D eigenvalue weighted by Crippen LogP contribution is 2.27. The molecule has 22 heavy (non-hydrogen) atoms. The van der Waals surface area contributed by atoms with Gasteiger partial charge in [-0.25, -0.2) is 13.8 Å². The van der Waals surface area contributed by atoms with Crippen molar-refractivity contribution in [3.8, 4) is 5.75 Å². The molecule has 3 rings (SSSR count). The summed E-state index contributed by atoms with van der Waals surface area (Å²) in [6.07, 6.45) is 0.223. The van der Waals surface area contributed by atoms with E-state index in [0.717, 1.165) is 0 Å². The SMILES string of the molecule is COc1cccc(F)c1Cc1cc2cc(F)ccc2nc1N. The van der Waals surface area contributed by atoms with Crippen LogP contribution in [0.1, 0.15) is 11.1 Å². The summed E-state index contributed by atoms with van der Waals surface area (Å²) < 4.78 is 32.6. The van der Waals surface area contributed by atoms with E-state index in [0.29, 0.717) is 33.6 Å². The van der Waals surface area contributed by atoms with Gasteiger partial charge in [0, 0.05) is 17.4 Å². The number of nitrogen functional groups attached to an aromatic ring is 1. The van der Waals surface area contributed by atoms with Crippen molar-refractivity contribution in [3.05, 3.63) is 65.2 Å². The number of nitrogens with two attached hydrogens (primary N) is 1. The summed E-state index contributed by atoms with van der Waals surface area (Å²) in [4.78, 5) is 4.25. The normalized spacial score (nSPS) is 10.9. The Hall–Kier alpha value is -2.69. The van der Waals surface area contributed by atoms with Crippen LogP contribution in [-0.4, -0.2) is 12.1 Å². The van der Waals surface area contributed by atoms with Crippen molar-refractivity contribution in [1.82, 2.24) is 4.98 Å². The fourth-order valence-electron chi connectivity index (χ4n) is 2.44. The Kier molecular flexibility index (Phi) is 3.63. The lowest BCUT2D eigenvalue weighted by atomic mass is 10.0. The Balaban J connectivity index is 2.09. The summed E-state index contributed by atoms with van der Waals surface area (Å²) >= 11 is 0. The van der Waals surface area contributed by atoms with Crippen LogP contribution >= 0.6 is 0 Å². The summed E-state index contributed by atoms with van der Waals surface area (Å²) in [6, 6.07) is 10.6. The number of hydrogen-bond donors (Lipinski definition) is 1. The van der Waals surface area contributed by atoms with E-state index in [2.05, 4.69) is 4.98 Å². The summed E-state index contributed by atoms with van der Waals surface area (Å²) in [5, 5.41) is 0.625. The van der Waals surface area contributed by atoms with Crippen molar-refractivity contribution in [1.29, 1.82) is 0 Å². The molecule has 0 atom stereocenters. The molecule has 5 heteroatoms. The number of hydrogen-bond acceptors (Lipinski definition) is 3. The molecule has 3 aromatic rings. The first kappa shape index (κ1) is 14.3. The zero-order chi connectivity index (χ0) is 15.7. The van der Waals surface area contributed by atoms with Crippen molar-refractivity contribution in [2.24, 2.45) is 0 Å². The molecule has 0 saturated carbocycles. The number of halogens is 2. The number of rotatable bonds is 3. The highest BCUT2D eigenvalue weighted by Gasteiger charge is 2.13. The largest absolute Gasteiger partial charge is 0.496 e. The third-order valence-corrected chi connectivity index (χ3v) is 3.55. The minimum absolute atomic E-state index is 0.223. The van der Waals surface area contributed by atoms with Gasteiger partial charge in [0.15, 0.2) is 0 Å². The van der Waals surface area contributed by atoms with Crippen molar-refractivity contribution >= 4 is 16.7 Å². The number of methoxy groups -OCH3 is 1. The van der Waals surface area contributed by atoms with Gasteiger partial charge in [0.25, 0.3) is 0 Å². The molecule has 0 aliphatic rings. The first-order chi connectivity index (χ1) is 10.6. The number of ether oxygens (including phenoxy) is 1. The summed E-state index contributed by atoms with van der Waals surface area (Å²) in [5.41, 5.74) is 7.57. The minimum Gasteiger partial charge on any atom is -0.496 e. The van der Waals surface area contributed by atoms with E-state index in [1.807, 2.05) is 0 Å². The topological polar surface area (TPSA) is 48.1 Å². The van der Waals surface area contributed by atoms with Gasteiger partial charge in [-0.05, 0) is 42.0 Å². The maximum atomic E-state index is 14.0. The van der Waals surface area contributed by atoms with Crippen LogP contribution in [0.25, 0.3) is 10.9 Å². The lowest BCUT2D eigenvalue weighted by Crippen LogP contribution is -2.03. The maximum absolute atomic E-state index is 14.0. The van der Waals surface area contributed by atoms with Gasteiger partial charge in [0.05, 0.1) is 12.6 Å². The van der Waals surface area contributed by atoms with Gasteiger partial charge in [-0.3, -0.25) is 0 Å². The lowest BCUT2D eigenvalue weighted by Gasteiger charge is -2.11. The number of anilines is 1. The number of pyridine rings is 1. The number of fused-ring (bicyclic) bond motifs is 1. The average Bonchev–Trinajstić information content (AvgIpc) is 2.50. The van der Waals surface area contributed by atoms with Crippen LogP contribution in [0.4, 0.5) is 14.6 Å². The highest BCUT2D eigenvalue weighted by molar-refractivity contribution is 5.81. The van der Waals surface area contributed by atoms with Gasteiger partial charge < -0.3 is 10.5 Å². The zero-order valence-electron chi connectivity index (χ0n) is 11.9. The molecule has 1 aromatic heterocycles. The van der Waals surface area contributed by atoms with Crippen molar-refractivity contribution in [2.75, 3.05) is 12.8 Å². The Bertz CT molecular complexity index is 849. The lowest BCUT2D eigenvalue weighted by molar-refractivity contribution is 0.405. The smallest absolute Gasteiger partial charge is 0.130 e. The van der Waals surface area contributed by atoms with Crippen LogP contribution in [0.15, 0.2) is 42.5 Å². The number of nitrogens with zero attached hydrogens (tertiary/aromatic N) is 1. The van der Waals surface area contributed by atoms with Gasteiger partial charge in [-0.2, -0.15) is 0 Å². The molecule has 0 aliphatic heterocycles. The van der Waals surface area contributed by atoms with Gasteiger partial charge >= 0.3 is 0 Å². The Labute approximate surface area is 126 Å². The third kappa shape index (κ3) is 2.57. The predicted molar refractivity (Wildman–Crippen MR) is 81.9 cm³/mol. The third-order valence-electron chi connectivity index (χ3n) is 3.55. The second kappa shape index (κ2) is 5.60. The first-order valence-corrected chi connectivity index (χ1v) is 6.74. The quantitative estimate of drug-likeness (QED) is 0.802. The molecule has 0 unspecified atom stereocenters. The minimum atomic E-state index is -0.377. The molecule has 2 aromatic carbocycles. The fourth-order valence-corrected chi connectivity index (χ4v) is 2.44. The van der Waals surface area contributed by atoms with E-state index in [4.69, 9.17) is 10.5 Å². The molecule has 0 fully saturated rings. The molecular weight excluding hydrogens is 286 g/mol. The Morgan fingerprint density at radius 3 is 2.73 bits per heavy atom. The first-order valence-electron chi connectivity index (χ1n) is 6.74. The van der Waals surface area contributed by atoms with Gasteiger partial charge in [-0.1, -0.05) is 6.07 Å². The summed E-state index contributed by atoms with van der Waals surface area (Å²) in [6.45, 7) is 0. The zero-order valence-corrected chi connectivity index (χ0v) is 11.9. The van der Waals surface area contributed by atoms with Crippen LogP contribution in [0.2, 0.25) is 0 Å². The van der Waals surface area contributed by atoms with E-state index in [9.17, 15) is 8.78 Å². The average molecular weight is 300 g/mol. The Morgan fingerprint density at radius 1 is 1.14 bits per heavy atom. The molecule has 1 heterocycles. The van der Waals surface area contributed by atoms with Crippen LogP contribution in [0.3, 0.4) is 0 Å². The molecular formula is C17H14F2N2O. The van der Waals surface area contributed by atoms with Gasteiger partial charge in [0.1, 0.15) is 23.2 Å². The van der Waals surface area contributed by atoms with Crippen molar-refractivity contribution in [2.45, 2.75) is 6.42 Å². The highest BCUT2D eigenvalue weighted by atomic mass is 19.1. The van der Waals surface area contributed by atoms with Gasteiger partial charge in [0.2, 0.25) is 0 Å². The van der Waals surface area contributed by atoms with Crippen LogP contribution in [-0.2, 0) is 6.42 Å². The molecule has 3 nitrogen and oxygen atoms in total. The Morgan fingerprint density at radius 2 is 1.95 bits per heavy atom. The fraction of sp³-hybridized carbons (Fsp3) is 0.118. The number of aromatic nitrogens is 1. The number of benzene rings is 2. The molecule has 0 radical (unpaired) electrons. The van der Waals surface area contributed by atoms with E-state index in [1.165, 1.54) is 25.3 Å². The predicted octanol–water partition coefficient (Wildman–Crippen LogP) is 3.69. The maximum Gasteiger partial charge on any atom is 0.130 e. The van der Waals surface area contributed by atoms with Crippen molar-refractivity contribution < 1.29 is 13.5 Å². The molecule has 0 saturated heterocycles. The second-order valence-corrected chi connectivity index (χ2v) is 4.97. The molecule has 112 valence electrons. The molecule has 0 spiro atoms. The van der Waals surface area contributed by atoms with Crippen molar-refractivity contribution in [3.63, 3.8) is 0 Å². The van der Waals surface area contributed by atoms with E-state index >= 15 is 0 Å². The molecule has 2 N–H and O–H groups in total. The summed E-state index contributed by atoms with van der Waals surface area (Å²) in [5.74, 6) is 0.00902. The monoisotopic (exact) mass is 300 g/mol. The molecule has 0 bridgehead atoms.